The smallest absolute Gasteiger partial charge is 0.318 e. The molecule has 0 aliphatic heterocycles. The zero-order valence-electron chi connectivity index (χ0n) is 16.1. The lowest BCUT2D eigenvalue weighted by molar-refractivity contribution is -0.137. The third kappa shape index (κ3) is 4.40. The average molecular weight is 506 g/mol. The first-order valence-electron chi connectivity index (χ1n) is 8.86. The number of allylic oxidation sites excluding steroid dienone is 1. The number of halogens is 4. The molecular formula is C23H18F3IN2. The number of alkyl halides is 3. The van der Waals surface area contributed by atoms with Gasteiger partial charge in [0.15, 0.2) is 0 Å². The predicted molar refractivity (Wildman–Crippen MR) is 118 cm³/mol. The largest absolute Gasteiger partial charge is 0.416 e. The molecular weight excluding hydrogens is 488 g/mol. The lowest BCUT2D eigenvalue weighted by Crippen LogP contribution is -2.04. The van der Waals surface area contributed by atoms with E-state index in [1.807, 2.05) is 45.0 Å². The standard InChI is InChI=1S/C23H18F3IN2/c1-14-9-21(7-8-22(14)27)29-15(2)10-18(16(29)3)11-19(13-28)17-5-4-6-20(12-17)23(24,25)26/h4-12H,1-3H3/b19-11-. The summed E-state index contributed by atoms with van der Waals surface area (Å²) in [6.07, 6.45) is -2.80. The molecule has 0 bridgehead atoms. The van der Waals surface area contributed by atoms with Gasteiger partial charge in [0.2, 0.25) is 0 Å². The second kappa shape index (κ2) is 8.07. The third-order valence-electron chi connectivity index (χ3n) is 4.79. The summed E-state index contributed by atoms with van der Waals surface area (Å²) >= 11 is 2.28. The minimum atomic E-state index is -4.45. The van der Waals surface area contributed by atoms with Crippen molar-refractivity contribution in [1.82, 2.24) is 4.57 Å². The van der Waals surface area contributed by atoms with Gasteiger partial charge in [0, 0.05) is 20.6 Å². The van der Waals surface area contributed by atoms with Gasteiger partial charge in [-0.25, -0.2) is 0 Å². The Kier molecular flexibility index (Phi) is 5.90. The number of benzene rings is 2. The van der Waals surface area contributed by atoms with Gasteiger partial charge >= 0.3 is 6.18 Å². The van der Waals surface area contributed by atoms with E-state index in [1.54, 1.807) is 6.08 Å². The van der Waals surface area contributed by atoms with Crippen LogP contribution in [-0.2, 0) is 6.18 Å². The highest BCUT2D eigenvalue weighted by molar-refractivity contribution is 14.1. The van der Waals surface area contributed by atoms with Gasteiger partial charge in [-0.3, -0.25) is 0 Å². The second-order valence-corrected chi connectivity index (χ2v) is 8.01. The Morgan fingerprint density at radius 3 is 2.41 bits per heavy atom. The third-order valence-corrected chi connectivity index (χ3v) is 6.00. The zero-order chi connectivity index (χ0) is 21.3. The van der Waals surface area contributed by atoms with Gasteiger partial charge < -0.3 is 4.57 Å². The van der Waals surface area contributed by atoms with Crippen LogP contribution in [0.15, 0.2) is 48.5 Å². The summed E-state index contributed by atoms with van der Waals surface area (Å²) in [6.45, 7) is 5.95. The van der Waals surface area contributed by atoms with Gasteiger partial charge in [0.25, 0.3) is 0 Å². The summed E-state index contributed by atoms with van der Waals surface area (Å²) in [5.41, 5.74) is 4.54. The Labute approximate surface area is 181 Å². The summed E-state index contributed by atoms with van der Waals surface area (Å²) in [5.74, 6) is 0. The maximum absolute atomic E-state index is 13.0. The van der Waals surface area contributed by atoms with Gasteiger partial charge in [0.1, 0.15) is 0 Å². The zero-order valence-corrected chi connectivity index (χ0v) is 18.3. The molecule has 1 heterocycles. The van der Waals surface area contributed by atoms with E-state index in [-0.39, 0.29) is 11.1 Å². The van der Waals surface area contributed by atoms with Crippen LogP contribution < -0.4 is 0 Å². The molecule has 0 radical (unpaired) electrons. The molecule has 0 unspecified atom stereocenters. The van der Waals surface area contributed by atoms with Crippen molar-refractivity contribution in [2.45, 2.75) is 26.9 Å². The Balaban J connectivity index is 2.08. The summed E-state index contributed by atoms with van der Waals surface area (Å²) in [4.78, 5) is 0. The fourth-order valence-electron chi connectivity index (χ4n) is 3.30. The van der Waals surface area contributed by atoms with Crippen LogP contribution in [0.5, 0.6) is 0 Å². The maximum Gasteiger partial charge on any atom is 0.416 e. The normalized spacial score (nSPS) is 12.1. The molecule has 0 spiro atoms. The molecule has 2 nitrogen and oxygen atoms in total. The van der Waals surface area contributed by atoms with Gasteiger partial charge in [-0.05, 0) is 103 Å². The van der Waals surface area contributed by atoms with Gasteiger partial charge in [-0.1, -0.05) is 12.1 Å². The van der Waals surface area contributed by atoms with Crippen molar-refractivity contribution in [3.05, 3.63) is 85.7 Å². The second-order valence-electron chi connectivity index (χ2n) is 6.84. The quantitative estimate of drug-likeness (QED) is 0.276. The van der Waals surface area contributed by atoms with E-state index < -0.39 is 11.7 Å². The van der Waals surface area contributed by atoms with Crippen LogP contribution >= 0.6 is 22.6 Å². The van der Waals surface area contributed by atoms with Crippen molar-refractivity contribution in [1.29, 1.82) is 5.26 Å². The monoisotopic (exact) mass is 506 g/mol. The molecule has 0 aliphatic rings. The molecule has 6 heteroatoms. The molecule has 0 aliphatic carbocycles. The molecule has 0 saturated heterocycles. The number of aromatic nitrogens is 1. The van der Waals surface area contributed by atoms with Crippen molar-refractivity contribution in [3.8, 4) is 11.8 Å². The van der Waals surface area contributed by atoms with Gasteiger partial charge in [0.05, 0.1) is 17.2 Å². The predicted octanol–water partition coefficient (Wildman–Crippen LogP) is 7.09. The van der Waals surface area contributed by atoms with Crippen LogP contribution in [0.3, 0.4) is 0 Å². The number of hydrogen-bond acceptors (Lipinski definition) is 1. The molecule has 0 saturated carbocycles. The van der Waals surface area contributed by atoms with E-state index in [9.17, 15) is 18.4 Å². The summed E-state index contributed by atoms with van der Waals surface area (Å²) < 4.78 is 42.3. The van der Waals surface area contributed by atoms with Crippen LogP contribution in [0.25, 0.3) is 17.3 Å². The topological polar surface area (TPSA) is 28.7 Å². The number of aryl methyl sites for hydroxylation is 2. The molecule has 3 aromatic rings. The highest BCUT2D eigenvalue weighted by Gasteiger charge is 2.30. The molecule has 3 rings (SSSR count). The summed E-state index contributed by atoms with van der Waals surface area (Å²) in [6, 6.07) is 15.0. The molecule has 2 aromatic carbocycles. The first-order valence-corrected chi connectivity index (χ1v) is 9.94. The van der Waals surface area contributed by atoms with Crippen molar-refractivity contribution in [3.63, 3.8) is 0 Å². The molecule has 0 N–H and O–H groups in total. The van der Waals surface area contributed by atoms with E-state index in [1.165, 1.54) is 15.7 Å². The average Bonchev–Trinajstić information content (AvgIpc) is 2.95. The first kappa shape index (κ1) is 21.2. The molecule has 148 valence electrons. The van der Waals surface area contributed by atoms with Crippen LogP contribution in [-0.4, -0.2) is 4.57 Å². The highest BCUT2D eigenvalue weighted by atomic mass is 127. The van der Waals surface area contributed by atoms with E-state index in [0.717, 1.165) is 40.3 Å². The number of rotatable bonds is 3. The number of nitrogens with zero attached hydrogens (tertiary/aromatic N) is 2. The van der Waals surface area contributed by atoms with E-state index in [2.05, 4.69) is 33.2 Å². The maximum atomic E-state index is 13.0. The minimum absolute atomic E-state index is 0.190. The molecule has 0 fully saturated rings. The van der Waals surface area contributed by atoms with Gasteiger partial charge in [-0.15, -0.1) is 0 Å². The lowest BCUT2D eigenvalue weighted by Gasteiger charge is -2.11. The number of nitriles is 1. The van der Waals surface area contributed by atoms with Crippen LogP contribution in [0.1, 0.15) is 33.6 Å². The van der Waals surface area contributed by atoms with E-state index >= 15 is 0 Å². The highest BCUT2D eigenvalue weighted by Crippen LogP contribution is 2.32. The minimum Gasteiger partial charge on any atom is -0.318 e. The summed E-state index contributed by atoms with van der Waals surface area (Å²) in [5, 5.41) is 9.58. The van der Waals surface area contributed by atoms with Crippen LogP contribution in [0.4, 0.5) is 13.2 Å². The van der Waals surface area contributed by atoms with Gasteiger partial charge in [-0.2, -0.15) is 18.4 Å². The summed E-state index contributed by atoms with van der Waals surface area (Å²) in [7, 11) is 0. The fourth-order valence-corrected chi connectivity index (χ4v) is 3.63. The van der Waals surface area contributed by atoms with Crippen LogP contribution in [0, 0.1) is 35.7 Å². The Bertz CT molecular complexity index is 1150. The first-order chi connectivity index (χ1) is 13.6. The Morgan fingerprint density at radius 2 is 1.79 bits per heavy atom. The van der Waals surface area contributed by atoms with Crippen molar-refractivity contribution < 1.29 is 13.2 Å². The van der Waals surface area contributed by atoms with E-state index in [0.29, 0.717) is 0 Å². The van der Waals surface area contributed by atoms with Crippen molar-refractivity contribution in [2.75, 3.05) is 0 Å². The number of hydrogen-bond donors (Lipinski definition) is 0. The fraction of sp³-hybridized carbons (Fsp3) is 0.174. The molecule has 0 amide bonds. The SMILES string of the molecule is Cc1cc(-n2c(C)cc(/C=C(/C#N)c3cccc(C(F)(F)F)c3)c2C)ccc1I. The van der Waals surface area contributed by atoms with E-state index in [4.69, 9.17) is 0 Å². The van der Waals surface area contributed by atoms with Crippen LogP contribution in [0.2, 0.25) is 0 Å². The lowest BCUT2D eigenvalue weighted by atomic mass is 10.0. The Morgan fingerprint density at radius 1 is 1.07 bits per heavy atom. The van der Waals surface area contributed by atoms with Crippen molar-refractivity contribution >= 4 is 34.2 Å². The van der Waals surface area contributed by atoms with Crippen molar-refractivity contribution in [2.24, 2.45) is 0 Å². The molecule has 29 heavy (non-hydrogen) atoms. The molecule has 0 atom stereocenters. The Hall–Kier alpha value is -2.53. The molecule has 1 aromatic heterocycles.